The second kappa shape index (κ2) is 10.3. The molecule has 6 rings (SSSR count). The molecule has 0 spiro atoms. The fourth-order valence-electron chi connectivity index (χ4n) is 6.58. The fraction of sp³-hybridized carbons (Fsp3) is 0.455. The van der Waals surface area contributed by atoms with Crippen LogP contribution >= 0.6 is 0 Å². The number of aromatic hydroxyl groups is 2. The fourth-order valence-corrected chi connectivity index (χ4v) is 6.58. The monoisotopic (exact) mass is 530 g/mol. The van der Waals surface area contributed by atoms with Gasteiger partial charge in [0.25, 0.3) is 0 Å². The van der Waals surface area contributed by atoms with Crippen molar-refractivity contribution in [2.45, 2.75) is 83.5 Å². The first-order valence-electron chi connectivity index (χ1n) is 14.2. The number of ether oxygens (including phenoxy) is 3. The first-order valence-corrected chi connectivity index (χ1v) is 14.2. The molecule has 1 saturated carbocycles. The van der Waals surface area contributed by atoms with E-state index in [-0.39, 0.29) is 11.9 Å². The summed E-state index contributed by atoms with van der Waals surface area (Å²) in [4.78, 5) is 0. The van der Waals surface area contributed by atoms with Crippen LogP contribution in [0.3, 0.4) is 0 Å². The standard InChI is InChI=1S/C33H38O6/c1-18(2)12-21-13-24-19(14-27(21)35)8-10-23-25-16-28(36)33(39-29(25)17-31(37-3)32(23)24)20-9-11-26(34)30(15-20)38-22-6-4-5-7-22/h9,11,13-15,17-18,22,28,33-36H,4-8,10,12,16H2,1-3H3. The highest BCUT2D eigenvalue weighted by molar-refractivity contribution is 5.82. The topological polar surface area (TPSA) is 88.4 Å². The van der Waals surface area contributed by atoms with E-state index < -0.39 is 12.2 Å². The summed E-state index contributed by atoms with van der Waals surface area (Å²) >= 11 is 0. The van der Waals surface area contributed by atoms with Gasteiger partial charge in [-0.2, -0.15) is 0 Å². The number of fused-ring (bicyclic) bond motifs is 5. The van der Waals surface area contributed by atoms with Crippen molar-refractivity contribution in [1.82, 2.24) is 0 Å². The van der Waals surface area contributed by atoms with E-state index in [1.54, 1.807) is 25.3 Å². The second-order valence-electron chi connectivity index (χ2n) is 11.7. The van der Waals surface area contributed by atoms with E-state index in [4.69, 9.17) is 14.2 Å². The quantitative estimate of drug-likeness (QED) is 0.340. The average Bonchev–Trinajstić information content (AvgIpc) is 3.42. The molecule has 2 aliphatic carbocycles. The molecule has 39 heavy (non-hydrogen) atoms. The number of aliphatic hydroxyl groups excluding tert-OH is 1. The van der Waals surface area contributed by atoms with Gasteiger partial charge >= 0.3 is 0 Å². The molecule has 0 aromatic heterocycles. The normalized spacial score (nSPS) is 20.2. The maximum absolute atomic E-state index is 11.3. The molecule has 6 nitrogen and oxygen atoms in total. The van der Waals surface area contributed by atoms with Gasteiger partial charge in [0.1, 0.15) is 23.4 Å². The molecular formula is C33H38O6. The lowest BCUT2D eigenvalue weighted by Crippen LogP contribution is -2.31. The van der Waals surface area contributed by atoms with Gasteiger partial charge in [-0.05, 0) is 103 Å². The number of benzene rings is 3. The lowest BCUT2D eigenvalue weighted by atomic mass is 9.79. The lowest BCUT2D eigenvalue weighted by Gasteiger charge is -2.35. The van der Waals surface area contributed by atoms with Crippen molar-refractivity contribution in [1.29, 1.82) is 0 Å². The first-order chi connectivity index (χ1) is 18.8. The Morgan fingerprint density at radius 1 is 0.949 bits per heavy atom. The molecule has 0 saturated heterocycles. The molecule has 6 heteroatoms. The summed E-state index contributed by atoms with van der Waals surface area (Å²) in [6.45, 7) is 4.30. The molecule has 1 heterocycles. The van der Waals surface area contributed by atoms with Gasteiger partial charge in [-0.1, -0.05) is 19.9 Å². The number of rotatable bonds is 6. The van der Waals surface area contributed by atoms with Crippen molar-refractivity contribution in [3.8, 4) is 39.9 Å². The van der Waals surface area contributed by atoms with Gasteiger partial charge in [0.05, 0.1) is 19.3 Å². The van der Waals surface area contributed by atoms with Gasteiger partial charge in [0.2, 0.25) is 0 Å². The number of hydrogen-bond acceptors (Lipinski definition) is 6. The lowest BCUT2D eigenvalue weighted by molar-refractivity contribution is 0.0201. The smallest absolute Gasteiger partial charge is 0.161 e. The summed E-state index contributed by atoms with van der Waals surface area (Å²) in [6.07, 6.45) is 5.88. The number of phenolic OH excluding ortho intramolecular Hbond substituents is 2. The van der Waals surface area contributed by atoms with Crippen LogP contribution in [-0.4, -0.2) is 34.6 Å². The summed E-state index contributed by atoms with van der Waals surface area (Å²) < 4.78 is 18.5. The first kappa shape index (κ1) is 25.9. The van der Waals surface area contributed by atoms with Crippen LogP contribution in [0.5, 0.6) is 28.7 Å². The van der Waals surface area contributed by atoms with Gasteiger partial charge in [-0.25, -0.2) is 0 Å². The van der Waals surface area contributed by atoms with Gasteiger partial charge in [-0.3, -0.25) is 0 Å². The minimum absolute atomic E-state index is 0.105. The van der Waals surface area contributed by atoms with E-state index in [0.717, 1.165) is 95.4 Å². The predicted octanol–water partition coefficient (Wildman–Crippen LogP) is 6.43. The maximum Gasteiger partial charge on any atom is 0.161 e. The van der Waals surface area contributed by atoms with E-state index in [0.29, 0.717) is 23.8 Å². The number of phenols is 2. The zero-order valence-corrected chi connectivity index (χ0v) is 23.0. The van der Waals surface area contributed by atoms with Crippen molar-refractivity contribution in [2.24, 2.45) is 5.92 Å². The van der Waals surface area contributed by atoms with Crippen LogP contribution in [0.1, 0.15) is 73.5 Å². The van der Waals surface area contributed by atoms with Crippen molar-refractivity contribution < 1.29 is 29.5 Å². The summed E-state index contributed by atoms with van der Waals surface area (Å²) in [5.74, 6) is 2.78. The van der Waals surface area contributed by atoms with E-state index >= 15 is 0 Å². The molecule has 3 aromatic rings. The van der Waals surface area contributed by atoms with Crippen LogP contribution in [0.15, 0.2) is 36.4 Å². The van der Waals surface area contributed by atoms with Crippen LogP contribution < -0.4 is 14.2 Å². The number of methoxy groups -OCH3 is 1. The number of aliphatic hydroxyl groups is 1. The zero-order valence-electron chi connectivity index (χ0n) is 23.0. The van der Waals surface area contributed by atoms with Crippen LogP contribution in [0.25, 0.3) is 11.1 Å². The Labute approximate surface area is 230 Å². The molecule has 206 valence electrons. The predicted molar refractivity (Wildman–Crippen MR) is 150 cm³/mol. The van der Waals surface area contributed by atoms with Crippen molar-refractivity contribution in [3.05, 3.63) is 64.2 Å². The largest absolute Gasteiger partial charge is 0.508 e. The molecule has 2 unspecified atom stereocenters. The summed E-state index contributed by atoms with van der Waals surface area (Å²) in [7, 11) is 1.67. The van der Waals surface area contributed by atoms with Crippen molar-refractivity contribution in [3.63, 3.8) is 0 Å². The highest BCUT2D eigenvalue weighted by Crippen LogP contribution is 2.50. The molecule has 1 aliphatic heterocycles. The number of aryl methyl sites for hydroxylation is 1. The summed E-state index contributed by atoms with van der Waals surface area (Å²) in [5, 5.41) is 32.4. The van der Waals surface area contributed by atoms with Crippen molar-refractivity contribution in [2.75, 3.05) is 7.11 Å². The number of hydrogen-bond donors (Lipinski definition) is 3. The Morgan fingerprint density at radius 3 is 2.49 bits per heavy atom. The second-order valence-corrected chi connectivity index (χ2v) is 11.7. The Bertz CT molecular complexity index is 1390. The minimum Gasteiger partial charge on any atom is -0.508 e. The van der Waals surface area contributed by atoms with E-state index in [1.807, 2.05) is 12.1 Å². The van der Waals surface area contributed by atoms with Gasteiger partial charge in [0, 0.05) is 23.6 Å². The molecule has 0 radical (unpaired) electrons. The Morgan fingerprint density at radius 2 is 1.74 bits per heavy atom. The van der Waals surface area contributed by atoms with Gasteiger partial charge in [0.15, 0.2) is 11.5 Å². The third-order valence-electron chi connectivity index (χ3n) is 8.46. The molecule has 2 atom stereocenters. The summed E-state index contributed by atoms with van der Waals surface area (Å²) in [6, 6.07) is 11.2. The van der Waals surface area contributed by atoms with Gasteiger partial charge < -0.3 is 29.5 Å². The SMILES string of the molecule is COc1cc2c(c3c1-c1cc(CC(C)C)c(O)cc1CC3)CC(O)C(c1ccc(O)c(OC3CCCC3)c1)O2. The Kier molecular flexibility index (Phi) is 6.84. The van der Waals surface area contributed by atoms with Crippen LogP contribution in [0.2, 0.25) is 0 Å². The minimum atomic E-state index is -0.753. The Balaban J connectivity index is 1.37. The molecule has 0 amide bonds. The molecule has 0 bridgehead atoms. The molecule has 1 fully saturated rings. The average molecular weight is 531 g/mol. The van der Waals surface area contributed by atoms with E-state index in [9.17, 15) is 15.3 Å². The summed E-state index contributed by atoms with van der Waals surface area (Å²) in [5.41, 5.74) is 7.11. The molecular weight excluding hydrogens is 492 g/mol. The van der Waals surface area contributed by atoms with Crippen LogP contribution in [-0.2, 0) is 25.7 Å². The molecule has 3 aromatic carbocycles. The third-order valence-corrected chi connectivity index (χ3v) is 8.46. The van der Waals surface area contributed by atoms with E-state index in [2.05, 4.69) is 19.9 Å². The maximum atomic E-state index is 11.3. The van der Waals surface area contributed by atoms with Crippen LogP contribution in [0.4, 0.5) is 0 Å². The van der Waals surface area contributed by atoms with Crippen LogP contribution in [0, 0.1) is 5.92 Å². The highest BCUT2D eigenvalue weighted by atomic mass is 16.5. The van der Waals surface area contributed by atoms with Gasteiger partial charge in [-0.15, -0.1) is 0 Å². The van der Waals surface area contributed by atoms with E-state index in [1.165, 1.54) is 0 Å². The molecule has 3 aliphatic rings. The third kappa shape index (κ3) is 4.80. The van der Waals surface area contributed by atoms with Crippen molar-refractivity contribution >= 4 is 0 Å². The highest BCUT2D eigenvalue weighted by Gasteiger charge is 2.36. The molecule has 3 N–H and O–H groups in total. The Hall–Kier alpha value is -3.38. The zero-order chi connectivity index (χ0) is 27.3.